The molecule has 0 N–H and O–H groups in total. The van der Waals surface area contributed by atoms with Gasteiger partial charge in [-0.25, -0.2) is 4.79 Å². The molecule has 1 amide bonds. The van der Waals surface area contributed by atoms with Gasteiger partial charge >= 0.3 is 5.97 Å². The van der Waals surface area contributed by atoms with Crippen molar-refractivity contribution in [2.75, 3.05) is 26.2 Å². The number of esters is 1. The lowest BCUT2D eigenvalue weighted by molar-refractivity contribution is -0.140. The Morgan fingerprint density at radius 3 is 2.52 bits per heavy atom. The number of fused-ring (bicyclic) bond motifs is 2. The summed E-state index contributed by atoms with van der Waals surface area (Å²) in [5.74, 6) is 0.153. The number of hydrogen-bond acceptors (Lipinski definition) is 4. The number of rotatable bonds is 3. The van der Waals surface area contributed by atoms with Crippen LogP contribution in [0, 0.1) is 5.92 Å². The normalized spacial score (nSPS) is 29.5. The van der Waals surface area contributed by atoms with Crippen LogP contribution in [0.5, 0.6) is 0 Å². The minimum atomic E-state index is -0.500. The Kier molecular flexibility index (Phi) is 4.97. The average molecular weight is 370 g/mol. The van der Waals surface area contributed by atoms with Crippen LogP contribution in [0.15, 0.2) is 24.3 Å². The maximum absolute atomic E-state index is 13.0. The van der Waals surface area contributed by atoms with Crippen molar-refractivity contribution in [3.05, 3.63) is 35.4 Å². The van der Waals surface area contributed by atoms with Crippen LogP contribution in [-0.2, 0) is 15.1 Å². The van der Waals surface area contributed by atoms with Gasteiger partial charge in [-0.3, -0.25) is 9.69 Å². The maximum atomic E-state index is 13.0. The minimum absolute atomic E-state index is 0.0669. The first-order valence-corrected chi connectivity index (χ1v) is 10.4. The highest BCUT2D eigenvalue weighted by atomic mass is 16.6. The number of carbonyl (C=O) groups excluding carboxylic acids is 2. The molecule has 3 aliphatic rings. The Bertz CT molecular complexity index is 716. The van der Waals surface area contributed by atoms with Gasteiger partial charge in [0, 0.05) is 43.7 Å². The number of ether oxygens (including phenoxy) is 1. The molecular weight excluding hydrogens is 340 g/mol. The van der Waals surface area contributed by atoms with E-state index in [0.29, 0.717) is 17.5 Å². The summed E-state index contributed by atoms with van der Waals surface area (Å²) in [7, 11) is 0. The SMILES string of the molecule is CCC(C)N1CCN(C(=O)[C@H]2CC[C@@]3(CC2)OC(=O)c2ccccc23)CC1. The van der Waals surface area contributed by atoms with Gasteiger partial charge in [0.1, 0.15) is 5.60 Å². The third kappa shape index (κ3) is 3.27. The van der Waals surface area contributed by atoms with Crippen LogP contribution in [-0.4, -0.2) is 53.9 Å². The molecule has 1 aliphatic carbocycles. The lowest BCUT2D eigenvalue weighted by Gasteiger charge is -2.41. The minimum Gasteiger partial charge on any atom is -0.451 e. The smallest absolute Gasteiger partial charge is 0.339 e. The van der Waals surface area contributed by atoms with E-state index in [4.69, 9.17) is 4.74 Å². The van der Waals surface area contributed by atoms with Crippen LogP contribution < -0.4 is 0 Å². The molecule has 0 bridgehead atoms. The van der Waals surface area contributed by atoms with E-state index in [1.807, 2.05) is 24.3 Å². The quantitative estimate of drug-likeness (QED) is 0.767. The topological polar surface area (TPSA) is 49.9 Å². The maximum Gasteiger partial charge on any atom is 0.339 e. The fourth-order valence-electron chi connectivity index (χ4n) is 4.95. The first kappa shape index (κ1) is 18.5. The zero-order valence-corrected chi connectivity index (χ0v) is 16.4. The number of piperazine rings is 1. The second-order valence-electron chi connectivity index (χ2n) is 8.32. The van der Waals surface area contributed by atoms with E-state index < -0.39 is 5.60 Å². The summed E-state index contributed by atoms with van der Waals surface area (Å²) >= 11 is 0. The Labute approximate surface area is 161 Å². The average Bonchev–Trinajstić information content (AvgIpc) is 2.99. The lowest BCUT2D eigenvalue weighted by Crippen LogP contribution is -2.53. The van der Waals surface area contributed by atoms with Crippen molar-refractivity contribution in [1.29, 1.82) is 0 Å². The standard InChI is InChI=1S/C22H30N2O3/c1-3-16(2)23-12-14-24(15-13-23)20(25)17-8-10-22(11-9-17)19-7-5-4-6-18(19)21(26)27-22/h4-7,16-17H,3,8-15H2,1-2H3/t16?,17-,22-. The summed E-state index contributed by atoms with van der Waals surface area (Å²) in [6.07, 6.45) is 4.24. The van der Waals surface area contributed by atoms with Crippen LogP contribution >= 0.6 is 0 Å². The molecule has 27 heavy (non-hydrogen) atoms. The van der Waals surface area contributed by atoms with Gasteiger partial charge in [0.05, 0.1) is 5.56 Å². The van der Waals surface area contributed by atoms with Crippen molar-refractivity contribution in [2.45, 2.75) is 57.6 Å². The molecule has 1 aromatic rings. The van der Waals surface area contributed by atoms with Crippen LogP contribution in [0.2, 0.25) is 0 Å². The van der Waals surface area contributed by atoms with Gasteiger partial charge in [-0.05, 0) is 45.1 Å². The molecule has 1 spiro atoms. The van der Waals surface area contributed by atoms with Crippen molar-refractivity contribution >= 4 is 11.9 Å². The number of amides is 1. The first-order valence-electron chi connectivity index (χ1n) is 10.4. The molecule has 1 saturated carbocycles. The van der Waals surface area contributed by atoms with E-state index in [0.717, 1.165) is 63.8 Å². The zero-order chi connectivity index (χ0) is 19.0. The van der Waals surface area contributed by atoms with Crippen LogP contribution in [0.1, 0.15) is 61.9 Å². The molecule has 5 nitrogen and oxygen atoms in total. The van der Waals surface area contributed by atoms with Crippen LogP contribution in [0.25, 0.3) is 0 Å². The summed E-state index contributed by atoms with van der Waals surface area (Å²) in [5, 5.41) is 0. The molecule has 0 radical (unpaired) electrons. The lowest BCUT2D eigenvalue weighted by atomic mass is 9.74. The largest absolute Gasteiger partial charge is 0.451 e. The van der Waals surface area contributed by atoms with E-state index in [1.54, 1.807) is 0 Å². The molecule has 1 saturated heterocycles. The van der Waals surface area contributed by atoms with Gasteiger partial charge in [-0.2, -0.15) is 0 Å². The molecular formula is C22H30N2O3. The van der Waals surface area contributed by atoms with Crippen molar-refractivity contribution < 1.29 is 14.3 Å². The third-order valence-electron chi connectivity index (χ3n) is 6.91. The Morgan fingerprint density at radius 1 is 1.19 bits per heavy atom. The predicted molar refractivity (Wildman–Crippen MR) is 103 cm³/mol. The monoisotopic (exact) mass is 370 g/mol. The predicted octanol–water partition coefficient (Wildman–Crippen LogP) is 3.19. The van der Waals surface area contributed by atoms with Gasteiger partial charge < -0.3 is 9.64 Å². The molecule has 2 aliphatic heterocycles. The molecule has 0 aromatic heterocycles. The van der Waals surface area contributed by atoms with Crippen LogP contribution in [0.4, 0.5) is 0 Å². The molecule has 146 valence electrons. The Balaban J connectivity index is 1.36. The van der Waals surface area contributed by atoms with Crippen molar-refractivity contribution in [3.8, 4) is 0 Å². The second-order valence-corrected chi connectivity index (χ2v) is 8.32. The van der Waals surface area contributed by atoms with E-state index in [-0.39, 0.29) is 11.9 Å². The van der Waals surface area contributed by atoms with Gasteiger partial charge in [0.25, 0.3) is 0 Å². The van der Waals surface area contributed by atoms with E-state index in [2.05, 4.69) is 23.6 Å². The van der Waals surface area contributed by atoms with Gasteiger partial charge in [-0.1, -0.05) is 25.1 Å². The third-order valence-corrected chi connectivity index (χ3v) is 6.91. The molecule has 5 heteroatoms. The van der Waals surface area contributed by atoms with E-state index in [9.17, 15) is 9.59 Å². The highest BCUT2D eigenvalue weighted by molar-refractivity contribution is 5.94. The molecule has 2 heterocycles. The number of benzene rings is 1. The molecule has 1 aromatic carbocycles. The Hall–Kier alpha value is -1.88. The van der Waals surface area contributed by atoms with E-state index in [1.165, 1.54) is 0 Å². The first-order chi connectivity index (χ1) is 13.0. The molecule has 1 atom stereocenters. The number of carbonyl (C=O) groups is 2. The van der Waals surface area contributed by atoms with Crippen molar-refractivity contribution in [2.24, 2.45) is 5.92 Å². The summed E-state index contributed by atoms with van der Waals surface area (Å²) in [4.78, 5) is 29.8. The fraction of sp³-hybridized carbons (Fsp3) is 0.636. The van der Waals surface area contributed by atoms with Gasteiger partial charge in [-0.15, -0.1) is 0 Å². The Morgan fingerprint density at radius 2 is 1.85 bits per heavy atom. The molecule has 4 rings (SSSR count). The highest BCUT2D eigenvalue weighted by Gasteiger charge is 2.48. The number of hydrogen-bond donors (Lipinski definition) is 0. The van der Waals surface area contributed by atoms with Crippen molar-refractivity contribution in [1.82, 2.24) is 9.80 Å². The summed E-state index contributed by atoms with van der Waals surface area (Å²) < 4.78 is 5.82. The fourth-order valence-corrected chi connectivity index (χ4v) is 4.95. The molecule has 2 fully saturated rings. The van der Waals surface area contributed by atoms with Gasteiger partial charge in [0.2, 0.25) is 5.91 Å². The molecule has 1 unspecified atom stereocenters. The van der Waals surface area contributed by atoms with Crippen molar-refractivity contribution in [3.63, 3.8) is 0 Å². The van der Waals surface area contributed by atoms with Gasteiger partial charge in [0.15, 0.2) is 0 Å². The summed E-state index contributed by atoms with van der Waals surface area (Å²) in [5.41, 5.74) is 1.21. The highest BCUT2D eigenvalue weighted by Crippen LogP contribution is 2.48. The number of nitrogens with zero attached hydrogens (tertiary/aromatic N) is 2. The van der Waals surface area contributed by atoms with Crippen LogP contribution in [0.3, 0.4) is 0 Å². The summed E-state index contributed by atoms with van der Waals surface area (Å²) in [6.45, 7) is 8.10. The second kappa shape index (κ2) is 7.27. The zero-order valence-electron chi connectivity index (χ0n) is 16.4. The summed E-state index contributed by atoms with van der Waals surface area (Å²) in [6, 6.07) is 8.30. The van der Waals surface area contributed by atoms with E-state index >= 15 is 0 Å².